The summed E-state index contributed by atoms with van der Waals surface area (Å²) in [6.45, 7) is 5.67. The third-order valence-electron chi connectivity index (χ3n) is 6.63. The zero-order chi connectivity index (χ0) is 24.4. The summed E-state index contributed by atoms with van der Waals surface area (Å²) < 4.78 is 48.6. The Labute approximate surface area is 193 Å². The first kappa shape index (κ1) is 22.2. The molecule has 2 aliphatic rings. The highest BCUT2D eigenvalue weighted by Crippen LogP contribution is 2.40. The van der Waals surface area contributed by atoms with Crippen molar-refractivity contribution in [3.63, 3.8) is 0 Å². The van der Waals surface area contributed by atoms with Gasteiger partial charge in [0.1, 0.15) is 17.1 Å². The average Bonchev–Trinajstić information content (AvgIpc) is 3.39. The lowest BCUT2D eigenvalue weighted by Gasteiger charge is -2.39. The first-order valence-electron chi connectivity index (χ1n) is 11.0. The first-order valence-corrected chi connectivity index (χ1v) is 11.0. The lowest BCUT2D eigenvalue weighted by molar-refractivity contribution is -0.0932. The molecule has 0 aromatic carbocycles. The van der Waals surface area contributed by atoms with E-state index in [2.05, 4.69) is 4.98 Å². The number of nitrogens with zero attached hydrogens (tertiary/aromatic N) is 4. The molecule has 3 aromatic heterocycles. The van der Waals surface area contributed by atoms with E-state index in [4.69, 9.17) is 4.42 Å². The van der Waals surface area contributed by atoms with Gasteiger partial charge in [-0.1, -0.05) is 0 Å². The van der Waals surface area contributed by atoms with Gasteiger partial charge in [0, 0.05) is 41.9 Å². The predicted octanol–water partition coefficient (Wildman–Crippen LogP) is 4.43. The molecule has 178 valence electrons. The Morgan fingerprint density at radius 2 is 1.97 bits per heavy atom. The van der Waals surface area contributed by atoms with Crippen molar-refractivity contribution in [2.24, 2.45) is 0 Å². The molecule has 7 nitrogen and oxygen atoms in total. The second-order valence-corrected chi connectivity index (χ2v) is 8.87. The molecule has 34 heavy (non-hydrogen) atoms. The summed E-state index contributed by atoms with van der Waals surface area (Å²) in [6, 6.07) is 2.28. The average molecular weight is 472 g/mol. The summed E-state index contributed by atoms with van der Waals surface area (Å²) in [5.74, 6) is 0.131. The van der Waals surface area contributed by atoms with Crippen LogP contribution in [0.4, 0.5) is 13.2 Å². The topological polar surface area (TPSA) is 73.3 Å². The first-order chi connectivity index (χ1) is 16.1. The summed E-state index contributed by atoms with van der Waals surface area (Å²) in [7, 11) is 0. The summed E-state index contributed by atoms with van der Waals surface area (Å²) >= 11 is 0. The van der Waals surface area contributed by atoms with E-state index < -0.39 is 17.8 Å². The quantitative estimate of drug-likeness (QED) is 0.565. The van der Waals surface area contributed by atoms with Crippen molar-refractivity contribution in [3.05, 3.63) is 75.1 Å². The van der Waals surface area contributed by atoms with Crippen molar-refractivity contribution in [1.82, 2.24) is 19.0 Å². The zero-order valence-corrected chi connectivity index (χ0v) is 18.9. The molecule has 3 aromatic rings. The molecule has 1 amide bonds. The third-order valence-corrected chi connectivity index (χ3v) is 6.63. The molecule has 2 unspecified atom stereocenters. The highest BCUT2D eigenvalue weighted by atomic mass is 19.4. The van der Waals surface area contributed by atoms with Crippen LogP contribution in [0, 0.1) is 6.92 Å². The van der Waals surface area contributed by atoms with Crippen LogP contribution in [0.5, 0.6) is 0 Å². The Morgan fingerprint density at radius 3 is 2.65 bits per heavy atom. The number of carbonyl (C=O) groups excluding carboxylic acids is 1. The number of imidazole rings is 1. The molecule has 4 heterocycles. The van der Waals surface area contributed by atoms with E-state index >= 15 is 0 Å². The monoisotopic (exact) mass is 472 g/mol. The fraction of sp³-hybridized carbons (Fsp3) is 0.375. The SMILES string of the molecule is Cc1cn(-c2ccc3n(c2=O)CC(C)N(C(C)c2coc4c2C=C(C(F)(F)F)CC4)C3=O)cn1. The normalized spacial score (nSPS) is 19.0. The van der Waals surface area contributed by atoms with Crippen LogP contribution >= 0.6 is 0 Å². The van der Waals surface area contributed by atoms with E-state index in [1.807, 2.05) is 13.8 Å². The van der Waals surface area contributed by atoms with Crippen LogP contribution < -0.4 is 5.56 Å². The molecule has 0 radical (unpaired) electrons. The summed E-state index contributed by atoms with van der Waals surface area (Å²) in [6.07, 6.45) is 1.47. The number of alkyl halides is 3. The molecule has 0 spiro atoms. The van der Waals surface area contributed by atoms with Gasteiger partial charge in [0.05, 0.1) is 24.3 Å². The Balaban J connectivity index is 1.51. The minimum atomic E-state index is -4.41. The van der Waals surface area contributed by atoms with Gasteiger partial charge in [-0.05, 0) is 45.4 Å². The van der Waals surface area contributed by atoms with Gasteiger partial charge in [0.25, 0.3) is 11.5 Å². The Hall–Kier alpha value is -3.56. The number of rotatable bonds is 3. The number of allylic oxidation sites excluding steroid dienone is 1. The molecule has 1 aliphatic heterocycles. The number of aromatic nitrogens is 3. The Kier molecular flexibility index (Phi) is 5.07. The fourth-order valence-corrected chi connectivity index (χ4v) is 4.90. The summed E-state index contributed by atoms with van der Waals surface area (Å²) in [5, 5.41) is 0. The highest BCUT2D eigenvalue weighted by molar-refractivity contribution is 5.94. The molecule has 0 bridgehead atoms. The molecule has 0 N–H and O–H groups in total. The van der Waals surface area contributed by atoms with E-state index in [0.29, 0.717) is 22.6 Å². The largest absolute Gasteiger partial charge is 0.468 e. The minimum absolute atomic E-state index is 0.133. The van der Waals surface area contributed by atoms with Crippen LogP contribution in [0.2, 0.25) is 0 Å². The van der Waals surface area contributed by atoms with Gasteiger partial charge in [-0.25, -0.2) is 4.98 Å². The number of furan rings is 1. The van der Waals surface area contributed by atoms with Gasteiger partial charge < -0.3 is 18.5 Å². The van der Waals surface area contributed by atoms with Gasteiger partial charge >= 0.3 is 6.18 Å². The van der Waals surface area contributed by atoms with Crippen molar-refractivity contribution in [3.8, 4) is 5.69 Å². The van der Waals surface area contributed by atoms with E-state index in [-0.39, 0.29) is 42.6 Å². The van der Waals surface area contributed by atoms with Crippen LogP contribution in [-0.2, 0) is 13.0 Å². The molecular weight excluding hydrogens is 449 g/mol. The summed E-state index contributed by atoms with van der Waals surface area (Å²) in [5.41, 5.74) is 1.39. The van der Waals surface area contributed by atoms with Crippen molar-refractivity contribution in [2.45, 2.75) is 58.4 Å². The van der Waals surface area contributed by atoms with Gasteiger partial charge in [-0.2, -0.15) is 13.2 Å². The number of carbonyl (C=O) groups is 1. The standard InChI is InChI=1S/C24H23F3N4O3/c1-13-9-29(12-28-13)19-5-6-20-23(33)31(14(2)10-30(20)22(19)32)15(3)18-11-34-21-7-4-16(8-17(18)21)24(25,26)27/h5-6,8-9,11-12,14-15H,4,7,10H2,1-3H3. The second-order valence-electron chi connectivity index (χ2n) is 8.87. The predicted molar refractivity (Wildman–Crippen MR) is 118 cm³/mol. The van der Waals surface area contributed by atoms with E-state index in [0.717, 1.165) is 11.8 Å². The van der Waals surface area contributed by atoms with Crippen LogP contribution in [0.1, 0.15) is 59.4 Å². The number of halogens is 3. The number of fused-ring (bicyclic) bond motifs is 2. The number of hydrogen-bond acceptors (Lipinski definition) is 4. The summed E-state index contributed by atoms with van der Waals surface area (Å²) in [4.78, 5) is 32.4. The van der Waals surface area contributed by atoms with Crippen LogP contribution in [0.3, 0.4) is 0 Å². The molecule has 1 aliphatic carbocycles. The lowest BCUT2D eigenvalue weighted by Crippen LogP contribution is -2.50. The highest BCUT2D eigenvalue weighted by Gasteiger charge is 2.39. The second kappa shape index (κ2) is 7.75. The van der Waals surface area contributed by atoms with Crippen molar-refractivity contribution >= 4 is 12.0 Å². The number of hydrogen-bond donors (Lipinski definition) is 0. The van der Waals surface area contributed by atoms with E-state index in [1.165, 1.54) is 10.8 Å². The van der Waals surface area contributed by atoms with Gasteiger partial charge in [-0.15, -0.1) is 0 Å². The third kappa shape index (κ3) is 3.48. The lowest BCUT2D eigenvalue weighted by atomic mass is 9.92. The maximum atomic E-state index is 13.5. The van der Waals surface area contributed by atoms with Crippen LogP contribution in [-0.4, -0.2) is 37.1 Å². The maximum Gasteiger partial charge on any atom is 0.412 e. The zero-order valence-electron chi connectivity index (χ0n) is 18.9. The Morgan fingerprint density at radius 1 is 1.21 bits per heavy atom. The number of amides is 1. The van der Waals surface area contributed by atoms with Crippen LogP contribution in [0.25, 0.3) is 11.8 Å². The van der Waals surface area contributed by atoms with Crippen molar-refractivity contribution in [1.29, 1.82) is 0 Å². The number of aryl methyl sites for hydroxylation is 2. The molecule has 2 atom stereocenters. The fourth-order valence-electron chi connectivity index (χ4n) is 4.90. The van der Waals surface area contributed by atoms with Gasteiger partial charge in [0.15, 0.2) is 0 Å². The van der Waals surface area contributed by atoms with E-state index in [9.17, 15) is 22.8 Å². The van der Waals surface area contributed by atoms with Crippen molar-refractivity contribution in [2.75, 3.05) is 0 Å². The molecule has 5 rings (SSSR count). The Bertz CT molecular complexity index is 1380. The molecule has 0 fully saturated rings. The smallest absolute Gasteiger partial charge is 0.412 e. The number of pyridine rings is 1. The molecular formula is C24H23F3N4O3. The van der Waals surface area contributed by atoms with Crippen molar-refractivity contribution < 1.29 is 22.4 Å². The van der Waals surface area contributed by atoms with Gasteiger partial charge in [0.2, 0.25) is 0 Å². The van der Waals surface area contributed by atoms with E-state index in [1.54, 1.807) is 41.0 Å². The van der Waals surface area contributed by atoms with Gasteiger partial charge in [-0.3, -0.25) is 9.59 Å². The van der Waals surface area contributed by atoms with Crippen LogP contribution in [0.15, 0.2) is 45.7 Å². The molecule has 0 saturated carbocycles. The molecule has 10 heteroatoms. The minimum Gasteiger partial charge on any atom is -0.468 e. The molecule has 0 saturated heterocycles. The maximum absolute atomic E-state index is 13.5.